The first-order valence-corrected chi connectivity index (χ1v) is 12.7. The van der Waals surface area contributed by atoms with Crippen molar-refractivity contribution in [2.45, 2.75) is 29.1 Å². The van der Waals surface area contributed by atoms with Crippen LogP contribution in [0.5, 0.6) is 0 Å². The number of ether oxygens (including phenoxy) is 1. The summed E-state index contributed by atoms with van der Waals surface area (Å²) in [5.41, 5.74) is -4.56. The van der Waals surface area contributed by atoms with Crippen LogP contribution in [0, 0.1) is 11.3 Å². The minimum atomic E-state index is -5.95. The Balaban J connectivity index is 1.92. The first-order valence-electron chi connectivity index (χ1n) is 8.15. The highest BCUT2D eigenvalue weighted by molar-refractivity contribution is 7.66. The molecule has 0 bridgehead atoms. The average Bonchev–Trinajstić information content (AvgIpc) is 3.03. The molecule has 33 heavy (non-hydrogen) atoms. The summed E-state index contributed by atoms with van der Waals surface area (Å²) in [5.74, 6) is -0.300. The molecule has 1 aromatic rings. The minimum absolute atomic E-state index is 0.300. The van der Waals surface area contributed by atoms with Gasteiger partial charge in [-0.3, -0.25) is 9.09 Å². The number of alkyl halides is 1. The maximum atomic E-state index is 13.9. The lowest BCUT2D eigenvalue weighted by molar-refractivity contribution is -0.164. The third-order valence-corrected chi connectivity index (χ3v) is 8.54. The predicted octanol–water partition coefficient (Wildman–Crippen LogP) is -2.44. The third kappa shape index (κ3) is 4.09. The van der Waals surface area contributed by atoms with Crippen molar-refractivity contribution in [3.05, 3.63) is 22.7 Å². The first-order chi connectivity index (χ1) is 14.9. The Morgan fingerprint density at radius 2 is 1.88 bits per heavy atom. The number of rotatable bonds is 8. The van der Waals surface area contributed by atoms with Gasteiger partial charge in [-0.2, -0.15) is 18.9 Å². The number of hydrogen-bond acceptors (Lipinski definition) is 13. The SMILES string of the molecule is N#C[C@@]1(n2ccc(N)nc2=O)O[C@]2(CF)C(OP(=O)(O)OP(=O)(O)OP(=O)(O)O)[C@]2(O)[C@H]1O. The van der Waals surface area contributed by atoms with Gasteiger partial charge in [0.1, 0.15) is 24.7 Å². The van der Waals surface area contributed by atoms with E-state index in [1.54, 1.807) is 0 Å². The molecule has 1 aliphatic heterocycles. The van der Waals surface area contributed by atoms with E-state index in [9.17, 15) is 48.1 Å². The molecular formula is C11H14FN4O14P3. The molecule has 1 saturated carbocycles. The van der Waals surface area contributed by atoms with E-state index in [-0.39, 0.29) is 5.82 Å². The Hall–Kier alpha value is -1.61. The van der Waals surface area contributed by atoms with Crippen molar-refractivity contribution in [1.29, 1.82) is 5.26 Å². The average molecular weight is 538 g/mol. The molecule has 3 unspecified atom stereocenters. The zero-order valence-electron chi connectivity index (χ0n) is 15.6. The number of fused-ring (bicyclic) bond motifs is 1. The van der Waals surface area contributed by atoms with Crippen molar-refractivity contribution in [2.24, 2.45) is 0 Å². The van der Waals surface area contributed by atoms with Gasteiger partial charge in [0.2, 0.25) is 0 Å². The van der Waals surface area contributed by atoms with E-state index in [2.05, 4.69) is 18.1 Å². The number of nitrogen functional groups attached to an aromatic ring is 1. The van der Waals surface area contributed by atoms with E-state index in [4.69, 9.17) is 20.3 Å². The number of aromatic nitrogens is 2. The summed E-state index contributed by atoms with van der Waals surface area (Å²) >= 11 is 0. The molecule has 0 aromatic carbocycles. The highest BCUT2D eigenvalue weighted by atomic mass is 31.3. The molecule has 8 N–H and O–H groups in total. The highest BCUT2D eigenvalue weighted by Gasteiger charge is 2.93. The smallest absolute Gasteiger partial charge is 0.384 e. The molecule has 7 atom stereocenters. The van der Waals surface area contributed by atoms with Crippen molar-refractivity contribution in [1.82, 2.24) is 9.55 Å². The molecule has 22 heteroatoms. The Morgan fingerprint density at radius 1 is 1.27 bits per heavy atom. The van der Waals surface area contributed by atoms with Crippen LogP contribution in [0.3, 0.4) is 0 Å². The first kappa shape index (κ1) is 26.0. The van der Waals surface area contributed by atoms with Crippen LogP contribution in [0.2, 0.25) is 0 Å². The van der Waals surface area contributed by atoms with Gasteiger partial charge in [0, 0.05) is 6.20 Å². The van der Waals surface area contributed by atoms with Crippen LogP contribution in [0.4, 0.5) is 10.2 Å². The second-order valence-corrected chi connectivity index (χ2v) is 11.1. The van der Waals surface area contributed by atoms with Gasteiger partial charge in [-0.25, -0.2) is 22.9 Å². The molecule has 0 radical (unpaired) electrons. The van der Waals surface area contributed by atoms with Crippen molar-refractivity contribution < 1.29 is 65.8 Å². The third-order valence-electron chi connectivity index (χ3n) is 4.74. The second-order valence-electron chi connectivity index (χ2n) is 6.74. The standard InChI is InChI=1S/C11H14FN4O14P3/c12-3-9-7(27-32(23,24)30-33(25,26)29-31(20,21)22)11(9,19)6(17)10(4-13,28-9)16-2-1-5(14)15-8(16)18/h1-2,6-7,17,19H,3H2,(H,23,24)(H,25,26)(H2,14,15,18)(H2,20,21,22)/t6-,7?,9+,10+,11+/m0/s1. The van der Waals surface area contributed by atoms with E-state index in [0.717, 1.165) is 12.3 Å². The maximum Gasteiger partial charge on any atom is 0.490 e. The molecule has 1 aromatic heterocycles. The fraction of sp³-hybridized carbons (Fsp3) is 0.545. The van der Waals surface area contributed by atoms with Crippen LogP contribution in [-0.2, 0) is 37.3 Å². The zero-order valence-corrected chi connectivity index (χ0v) is 18.3. The van der Waals surface area contributed by atoms with Crippen LogP contribution < -0.4 is 11.4 Å². The van der Waals surface area contributed by atoms with E-state index in [0.29, 0.717) is 4.57 Å². The number of nitrogens with zero attached hydrogens (tertiary/aromatic N) is 3. The number of phosphoric acid groups is 3. The lowest BCUT2D eigenvalue weighted by atomic mass is 10.0. The fourth-order valence-corrected chi connectivity index (χ4v) is 6.67. The van der Waals surface area contributed by atoms with Gasteiger partial charge in [0.05, 0.1) is 0 Å². The number of aliphatic hydroxyl groups is 2. The monoisotopic (exact) mass is 538 g/mol. The van der Waals surface area contributed by atoms with Gasteiger partial charge < -0.3 is 40.3 Å². The summed E-state index contributed by atoms with van der Waals surface area (Å²) in [5, 5.41) is 30.9. The normalized spacial score (nSPS) is 36.9. The van der Waals surface area contributed by atoms with Crippen molar-refractivity contribution >= 4 is 29.3 Å². The van der Waals surface area contributed by atoms with Gasteiger partial charge in [-0.05, 0) is 6.07 Å². The van der Waals surface area contributed by atoms with Crippen molar-refractivity contribution in [3.63, 3.8) is 0 Å². The van der Waals surface area contributed by atoms with Crippen LogP contribution >= 0.6 is 23.5 Å². The highest BCUT2D eigenvalue weighted by Crippen LogP contribution is 2.72. The van der Waals surface area contributed by atoms with Crippen LogP contribution in [0.1, 0.15) is 0 Å². The van der Waals surface area contributed by atoms with Crippen molar-refractivity contribution in [2.75, 3.05) is 12.4 Å². The number of anilines is 1. The Labute approximate surface area is 181 Å². The summed E-state index contributed by atoms with van der Waals surface area (Å²) in [7, 11) is -17.5. The molecule has 2 fully saturated rings. The van der Waals surface area contributed by atoms with Gasteiger partial charge in [0.15, 0.2) is 17.3 Å². The van der Waals surface area contributed by atoms with Crippen LogP contribution in [0.15, 0.2) is 17.1 Å². The zero-order chi connectivity index (χ0) is 25.3. The van der Waals surface area contributed by atoms with Crippen LogP contribution in [-0.4, -0.2) is 69.4 Å². The Bertz CT molecular complexity index is 1230. The summed E-state index contributed by atoms with van der Waals surface area (Å²) in [6, 6.07) is 2.37. The molecule has 18 nitrogen and oxygen atoms in total. The second kappa shape index (κ2) is 7.70. The number of phosphoric ester groups is 1. The van der Waals surface area contributed by atoms with Gasteiger partial charge in [-0.1, -0.05) is 0 Å². The Kier molecular flexibility index (Phi) is 6.07. The summed E-state index contributed by atoms with van der Waals surface area (Å²) in [6.45, 7) is -1.80. The maximum absolute atomic E-state index is 13.9. The molecule has 2 aliphatic rings. The number of hydrogen-bond donors (Lipinski definition) is 7. The van der Waals surface area contributed by atoms with E-state index in [1.807, 2.05) is 0 Å². The molecule has 0 amide bonds. The number of halogens is 1. The topological polar surface area (TPSA) is 294 Å². The largest absolute Gasteiger partial charge is 0.490 e. The van der Waals surface area contributed by atoms with Crippen LogP contribution in [0.25, 0.3) is 0 Å². The number of nitrogens with two attached hydrogens (primary N) is 1. The van der Waals surface area contributed by atoms with Gasteiger partial charge in [0.25, 0.3) is 5.72 Å². The molecular weight excluding hydrogens is 524 g/mol. The number of nitriles is 1. The molecule has 184 valence electrons. The minimum Gasteiger partial charge on any atom is -0.384 e. The van der Waals surface area contributed by atoms with Gasteiger partial charge in [-0.15, -0.1) is 0 Å². The van der Waals surface area contributed by atoms with E-state index < -0.39 is 65.0 Å². The molecule has 3 rings (SSSR count). The summed E-state index contributed by atoms with van der Waals surface area (Å²) in [4.78, 5) is 51.3. The predicted molar refractivity (Wildman–Crippen MR) is 96.0 cm³/mol. The van der Waals surface area contributed by atoms with Crippen molar-refractivity contribution in [3.8, 4) is 6.07 Å². The molecule has 2 heterocycles. The lowest BCUT2D eigenvalue weighted by Crippen LogP contribution is -2.54. The quantitative estimate of drug-likeness (QED) is 0.169. The summed E-state index contributed by atoms with van der Waals surface area (Å²) in [6.07, 6.45) is -4.07. The molecule has 0 spiro atoms. The van der Waals surface area contributed by atoms with E-state index in [1.165, 1.54) is 6.07 Å². The lowest BCUT2D eigenvalue weighted by Gasteiger charge is -2.32. The number of aliphatic hydroxyl groups excluding tert-OH is 1. The molecule has 1 saturated heterocycles. The fourth-order valence-electron chi connectivity index (χ4n) is 3.41. The molecule has 1 aliphatic carbocycles. The van der Waals surface area contributed by atoms with Gasteiger partial charge >= 0.3 is 29.2 Å². The summed E-state index contributed by atoms with van der Waals surface area (Å²) < 4.78 is 64.9. The van der Waals surface area contributed by atoms with E-state index >= 15 is 0 Å². The Morgan fingerprint density at radius 3 is 2.33 bits per heavy atom.